The minimum Gasteiger partial charge on any atom is -0.293 e. The lowest BCUT2D eigenvalue weighted by atomic mass is 10.1. The van der Waals surface area contributed by atoms with Crippen LogP contribution in [0.1, 0.15) is 42.9 Å². The molecule has 0 amide bonds. The van der Waals surface area contributed by atoms with E-state index >= 15 is 0 Å². The molecule has 4 heteroatoms. The Hall–Kier alpha value is -1.84. The van der Waals surface area contributed by atoms with Gasteiger partial charge in [0.15, 0.2) is 5.82 Å². The van der Waals surface area contributed by atoms with E-state index in [2.05, 4.69) is 10.1 Å². The summed E-state index contributed by atoms with van der Waals surface area (Å²) >= 11 is 0. The van der Waals surface area contributed by atoms with E-state index in [1.54, 1.807) is 16.9 Å². The van der Waals surface area contributed by atoms with Gasteiger partial charge in [0.05, 0.1) is 0 Å². The highest BCUT2D eigenvalue weighted by molar-refractivity contribution is 5.27. The molecule has 0 spiro atoms. The van der Waals surface area contributed by atoms with Crippen LogP contribution in [0.4, 0.5) is 0 Å². The Morgan fingerprint density at radius 2 is 2.11 bits per heavy atom. The largest absolute Gasteiger partial charge is 0.293 e. The predicted molar refractivity (Wildman–Crippen MR) is 70.1 cm³/mol. The summed E-state index contributed by atoms with van der Waals surface area (Å²) < 4.78 is 1.54. The monoisotopic (exact) mass is 243 g/mol. The molecule has 2 heterocycles. The number of nitrogens with zero attached hydrogens (tertiary/aromatic N) is 2. The Kier molecular flexibility index (Phi) is 2.78. The summed E-state index contributed by atoms with van der Waals surface area (Å²) in [7, 11) is 0. The van der Waals surface area contributed by atoms with Crippen molar-refractivity contribution in [1.29, 1.82) is 0 Å². The number of hydrogen-bond donors (Lipinski definition) is 1. The minimum atomic E-state index is -0.0185. The van der Waals surface area contributed by atoms with Gasteiger partial charge in [0, 0.05) is 23.9 Å². The van der Waals surface area contributed by atoms with E-state index in [0.29, 0.717) is 11.7 Å². The second-order valence-electron chi connectivity index (χ2n) is 5.06. The van der Waals surface area contributed by atoms with Crippen molar-refractivity contribution in [3.63, 3.8) is 0 Å². The molecule has 1 N–H and O–H groups in total. The van der Waals surface area contributed by atoms with Crippen LogP contribution in [0.5, 0.6) is 0 Å². The van der Waals surface area contributed by atoms with Crippen molar-refractivity contribution in [2.45, 2.75) is 38.5 Å². The lowest BCUT2D eigenvalue weighted by Gasteiger charge is -2.06. The Balaban J connectivity index is 2.00. The van der Waals surface area contributed by atoms with Crippen LogP contribution in [0.2, 0.25) is 0 Å². The molecule has 4 nitrogen and oxygen atoms in total. The zero-order valence-corrected chi connectivity index (χ0v) is 10.5. The number of H-pyrrole nitrogens is 1. The smallest absolute Gasteiger partial charge is 0.272 e. The third-order valence-electron chi connectivity index (χ3n) is 3.67. The van der Waals surface area contributed by atoms with Crippen LogP contribution >= 0.6 is 0 Å². The highest BCUT2D eigenvalue weighted by Gasteiger charge is 2.20. The number of pyridine rings is 1. The zero-order valence-electron chi connectivity index (χ0n) is 10.5. The van der Waals surface area contributed by atoms with Crippen LogP contribution in [-0.4, -0.2) is 14.8 Å². The van der Waals surface area contributed by atoms with Crippen molar-refractivity contribution in [1.82, 2.24) is 14.8 Å². The van der Waals surface area contributed by atoms with E-state index in [9.17, 15) is 4.79 Å². The van der Waals surface area contributed by atoms with Crippen LogP contribution in [0.15, 0.2) is 29.2 Å². The summed E-state index contributed by atoms with van der Waals surface area (Å²) in [4.78, 5) is 16.2. The molecule has 18 heavy (non-hydrogen) atoms. The fourth-order valence-corrected chi connectivity index (χ4v) is 2.67. The van der Waals surface area contributed by atoms with Gasteiger partial charge >= 0.3 is 0 Å². The lowest BCUT2D eigenvalue weighted by Crippen LogP contribution is -2.14. The molecule has 0 bridgehead atoms. The van der Waals surface area contributed by atoms with Gasteiger partial charge in [-0.05, 0) is 37.5 Å². The summed E-state index contributed by atoms with van der Waals surface area (Å²) in [5.41, 5.74) is 2.14. The first-order valence-electron chi connectivity index (χ1n) is 6.49. The highest BCUT2D eigenvalue weighted by atomic mass is 16.1. The molecule has 0 saturated heterocycles. The molecule has 0 unspecified atom stereocenters. The molecule has 2 aromatic heterocycles. The molecular formula is C14H17N3O. The predicted octanol–water partition coefficient (Wildman–Crippen LogP) is 2.53. The maximum absolute atomic E-state index is 12.0. The number of aromatic nitrogens is 3. The average Bonchev–Trinajstić information content (AvgIpc) is 2.97. The van der Waals surface area contributed by atoms with Crippen LogP contribution in [0.25, 0.3) is 5.82 Å². The molecule has 1 saturated carbocycles. The minimum absolute atomic E-state index is 0.0185. The number of aryl methyl sites for hydroxylation is 1. The number of aromatic amines is 1. The maximum atomic E-state index is 12.0. The Morgan fingerprint density at radius 1 is 1.33 bits per heavy atom. The molecule has 1 fully saturated rings. The molecule has 0 aliphatic heterocycles. The standard InChI is InChI=1S/C14H17N3O/c1-10-6-7-15-13(8-10)17-14(18)9-12(16-17)11-4-2-3-5-11/h6-9,11,16H,2-5H2,1H3. The molecule has 3 rings (SSSR count). The van der Waals surface area contributed by atoms with E-state index in [0.717, 1.165) is 11.3 Å². The Bertz CT molecular complexity index is 605. The van der Waals surface area contributed by atoms with Gasteiger partial charge in [0.25, 0.3) is 5.56 Å². The molecule has 0 aromatic carbocycles. The van der Waals surface area contributed by atoms with Gasteiger partial charge in [-0.25, -0.2) is 9.67 Å². The topological polar surface area (TPSA) is 50.7 Å². The van der Waals surface area contributed by atoms with Gasteiger partial charge < -0.3 is 0 Å². The first kappa shape index (κ1) is 11.3. The van der Waals surface area contributed by atoms with Crippen molar-refractivity contribution < 1.29 is 0 Å². The molecule has 1 aliphatic carbocycles. The molecule has 0 atom stereocenters. The third-order valence-corrected chi connectivity index (χ3v) is 3.67. The summed E-state index contributed by atoms with van der Waals surface area (Å²) in [6.45, 7) is 2.00. The summed E-state index contributed by atoms with van der Waals surface area (Å²) in [5, 5.41) is 3.21. The average molecular weight is 243 g/mol. The molecular weight excluding hydrogens is 226 g/mol. The van der Waals surface area contributed by atoms with Crippen LogP contribution < -0.4 is 5.56 Å². The summed E-state index contributed by atoms with van der Waals surface area (Å²) in [6.07, 6.45) is 6.62. The van der Waals surface area contributed by atoms with E-state index in [4.69, 9.17) is 0 Å². The van der Waals surface area contributed by atoms with Gasteiger partial charge in [0.1, 0.15) is 0 Å². The van der Waals surface area contributed by atoms with Crippen molar-refractivity contribution in [2.75, 3.05) is 0 Å². The van der Waals surface area contributed by atoms with E-state index < -0.39 is 0 Å². The molecule has 94 valence electrons. The lowest BCUT2D eigenvalue weighted by molar-refractivity contribution is 0.673. The van der Waals surface area contributed by atoms with E-state index in [-0.39, 0.29) is 5.56 Å². The second kappa shape index (κ2) is 4.44. The molecule has 1 aliphatic rings. The fraction of sp³-hybridized carbons (Fsp3) is 0.429. The maximum Gasteiger partial charge on any atom is 0.272 e. The van der Waals surface area contributed by atoms with Gasteiger partial charge in [-0.1, -0.05) is 12.8 Å². The highest BCUT2D eigenvalue weighted by Crippen LogP contribution is 2.32. The van der Waals surface area contributed by atoms with Crippen LogP contribution in [0, 0.1) is 6.92 Å². The number of nitrogens with one attached hydrogen (secondary N) is 1. The second-order valence-corrected chi connectivity index (χ2v) is 5.06. The van der Waals surface area contributed by atoms with Crippen molar-refractivity contribution in [3.05, 3.63) is 46.0 Å². The van der Waals surface area contributed by atoms with Crippen LogP contribution in [0.3, 0.4) is 0 Å². The van der Waals surface area contributed by atoms with Gasteiger partial charge in [0.2, 0.25) is 0 Å². The Morgan fingerprint density at radius 3 is 2.83 bits per heavy atom. The molecule has 0 radical (unpaired) electrons. The number of rotatable bonds is 2. The summed E-state index contributed by atoms with van der Waals surface area (Å²) in [6, 6.07) is 5.56. The first-order valence-corrected chi connectivity index (χ1v) is 6.49. The van der Waals surface area contributed by atoms with Gasteiger partial charge in [-0.15, -0.1) is 0 Å². The van der Waals surface area contributed by atoms with E-state index in [1.165, 1.54) is 25.7 Å². The van der Waals surface area contributed by atoms with Gasteiger partial charge in [-0.3, -0.25) is 9.89 Å². The Labute approximate surface area is 106 Å². The third kappa shape index (κ3) is 1.98. The summed E-state index contributed by atoms with van der Waals surface area (Å²) in [5.74, 6) is 1.19. The van der Waals surface area contributed by atoms with Gasteiger partial charge in [-0.2, -0.15) is 0 Å². The fourth-order valence-electron chi connectivity index (χ4n) is 2.67. The SMILES string of the molecule is Cc1ccnc(-n2[nH]c(C3CCCC3)cc2=O)c1. The van der Waals surface area contributed by atoms with Crippen molar-refractivity contribution >= 4 is 0 Å². The normalized spacial score (nSPS) is 16.3. The zero-order chi connectivity index (χ0) is 12.5. The van der Waals surface area contributed by atoms with E-state index in [1.807, 2.05) is 19.1 Å². The first-order chi connectivity index (χ1) is 8.74. The van der Waals surface area contributed by atoms with Crippen LogP contribution in [-0.2, 0) is 0 Å². The number of hydrogen-bond acceptors (Lipinski definition) is 2. The van der Waals surface area contributed by atoms with Crippen molar-refractivity contribution in [2.24, 2.45) is 0 Å². The molecule has 2 aromatic rings. The quantitative estimate of drug-likeness (QED) is 0.881. The van der Waals surface area contributed by atoms with Crippen molar-refractivity contribution in [3.8, 4) is 5.82 Å².